The van der Waals surface area contributed by atoms with Crippen molar-refractivity contribution in [3.63, 3.8) is 0 Å². The zero-order valence-corrected chi connectivity index (χ0v) is 10.3. The smallest absolute Gasteiger partial charge is 0.133 e. The first kappa shape index (κ1) is 12.0. The predicted octanol–water partition coefficient (Wildman–Crippen LogP) is 3.25. The molecule has 3 heteroatoms. The summed E-state index contributed by atoms with van der Waals surface area (Å²) in [5, 5.41) is 18.4. The Kier molecular flexibility index (Phi) is 3.20. The Hall–Kier alpha value is -2.47. The largest absolute Gasteiger partial charge is 0.507 e. The maximum absolute atomic E-state index is 9.48. The first-order chi connectivity index (χ1) is 8.65. The highest BCUT2D eigenvalue weighted by atomic mass is 16.5. The van der Waals surface area contributed by atoms with Gasteiger partial charge in [-0.25, -0.2) is 0 Å². The van der Waals surface area contributed by atoms with E-state index in [4.69, 9.17) is 10.00 Å². The molecule has 0 spiro atoms. The minimum absolute atomic E-state index is 0.00600. The topological polar surface area (TPSA) is 53.2 Å². The van der Waals surface area contributed by atoms with E-state index in [1.165, 1.54) is 6.07 Å². The van der Waals surface area contributed by atoms with Gasteiger partial charge in [0.15, 0.2) is 0 Å². The zero-order valence-electron chi connectivity index (χ0n) is 10.3. The number of ether oxygens (including phenoxy) is 1. The number of nitrogens with zero attached hydrogens (tertiary/aromatic N) is 1. The summed E-state index contributed by atoms with van der Waals surface area (Å²) < 4.78 is 5.21. The molecule has 0 radical (unpaired) electrons. The number of rotatable bonds is 2. The quantitative estimate of drug-likeness (QED) is 0.875. The molecule has 0 aliphatic carbocycles. The summed E-state index contributed by atoms with van der Waals surface area (Å²) in [6.07, 6.45) is 0. The Morgan fingerprint density at radius 2 is 1.78 bits per heavy atom. The molecule has 3 nitrogen and oxygen atoms in total. The first-order valence-electron chi connectivity index (χ1n) is 5.54. The van der Waals surface area contributed by atoms with Crippen LogP contribution < -0.4 is 4.74 Å². The molecule has 0 amide bonds. The highest BCUT2D eigenvalue weighted by molar-refractivity contribution is 5.68. The first-order valence-corrected chi connectivity index (χ1v) is 5.54. The second kappa shape index (κ2) is 4.80. The van der Waals surface area contributed by atoms with Crippen molar-refractivity contribution in [2.45, 2.75) is 6.92 Å². The van der Waals surface area contributed by atoms with Gasteiger partial charge in [-0.2, -0.15) is 5.26 Å². The molecule has 0 fully saturated rings. The highest BCUT2D eigenvalue weighted by Crippen LogP contribution is 2.28. The Balaban J connectivity index is 2.49. The molecule has 0 unspecified atom stereocenters. The van der Waals surface area contributed by atoms with Crippen LogP contribution in [0.15, 0.2) is 36.4 Å². The van der Waals surface area contributed by atoms with Gasteiger partial charge in [0.1, 0.15) is 17.6 Å². The molecule has 0 saturated carbocycles. The van der Waals surface area contributed by atoms with Crippen LogP contribution >= 0.6 is 0 Å². The maximum Gasteiger partial charge on any atom is 0.133 e. The van der Waals surface area contributed by atoms with Crippen molar-refractivity contribution in [3.8, 4) is 28.7 Å². The van der Waals surface area contributed by atoms with Gasteiger partial charge in [0.05, 0.1) is 12.7 Å². The third kappa shape index (κ3) is 2.14. The van der Waals surface area contributed by atoms with Crippen molar-refractivity contribution < 1.29 is 9.84 Å². The van der Waals surface area contributed by atoms with Crippen LogP contribution in [0.25, 0.3) is 11.1 Å². The molecule has 0 atom stereocenters. The lowest BCUT2D eigenvalue weighted by Crippen LogP contribution is -1.88. The fourth-order valence-corrected chi connectivity index (χ4v) is 1.86. The molecule has 0 bridgehead atoms. The van der Waals surface area contributed by atoms with Gasteiger partial charge in [-0.05, 0) is 47.9 Å². The van der Waals surface area contributed by atoms with E-state index < -0.39 is 0 Å². The number of aryl methyl sites for hydroxylation is 1. The lowest BCUT2D eigenvalue weighted by molar-refractivity contribution is 0.412. The van der Waals surface area contributed by atoms with Gasteiger partial charge >= 0.3 is 0 Å². The van der Waals surface area contributed by atoms with Gasteiger partial charge < -0.3 is 9.84 Å². The van der Waals surface area contributed by atoms with Crippen LogP contribution in [0.4, 0.5) is 0 Å². The van der Waals surface area contributed by atoms with Crippen LogP contribution in [0.3, 0.4) is 0 Å². The van der Waals surface area contributed by atoms with Crippen LogP contribution in [0.5, 0.6) is 11.5 Å². The second-order valence-electron chi connectivity index (χ2n) is 4.03. The number of phenolic OH excluding ortho intramolecular Hbond substituents is 1. The highest BCUT2D eigenvalue weighted by Gasteiger charge is 2.06. The summed E-state index contributed by atoms with van der Waals surface area (Å²) in [5.74, 6) is 0.838. The molecule has 0 aliphatic rings. The Labute approximate surface area is 106 Å². The third-order valence-electron chi connectivity index (χ3n) is 2.85. The molecule has 0 saturated heterocycles. The van der Waals surface area contributed by atoms with E-state index in [-0.39, 0.29) is 11.3 Å². The van der Waals surface area contributed by atoms with Crippen LogP contribution in [0, 0.1) is 18.3 Å². The third-order valence-corrected chi connectivity index (χ3v) is 2.85. The molecular formula is C15H13NO2. The van der Waals surface area contributed by atoms with Crippen molar-refractivity contribution in [3.05, 3.63) is 47.5 Å². The summed E-state index contributed by atoms with van der Waals surface area (Å²) in [4.78, 5) is 0. The second-order valence-corrected chi connectivity index (χ2v) is 4.03. The fraction of sp³-hybridized carbons (Fsp3) is 0.133. The summed E-state index contributed by atoms with van der Waals surface area (Å²) in [5.41, 5.74) is 3.20. The molecule has 18 heavy (non-hydrogen) atoms. The monoisotopic (exact) mass is 239 g/mol. The lowest BCUT2D eigenvalue weighted by Gasteiger charge is -2.08. The van der Waals surface area contributed by atoms with Crippen molar-refractivity contribution in [2.24, 2.45) is 0 Å². The average Bonchev–Trinajstić information content (AvgIpc) is 2.39. The van der Waals surface area contributed by atoms with Gasteiger partial charge in [0.2, 0.25) is 0 Å². The predicted molar refractivity (Wildman–Crippen MR) is 69.5 cm³/mol. The summed E-state index contributed by atoms with van der Waals surface area (Å²) in [7, 11) is 1.64. The number of phenols is 1. The van der Waals surface area contributed by atoms with Gasteiger partial charge in [-0.15, -0.1) is 0 Å². The van der Waals surface area contributed by atoms with Crippen LogP contribution in [0.1, 0.15) is 11.1 Å². The van der Waals surface area contributed by atoms with Crippen molar-refractivity contribution >= 4 is 0 Å². The Morgan fingerprint density at radius 1 is 1.11 bits per heavy atom. The molecule has 0 aromatic heterocycles. The molecule has 2 rings (SSSR count). The molecule has 2 aromatic rings. The summed E-state index contributed by atoms with van der Waals surface area (Å²) in [6, 6.07) is 12.8. The van der Waals surface area contributed by atoms with Crippen molar-refractivity contribution in [1.29, 1.82) is 5.26 Å². The van der Waals surface area contributed by atoms with E-state index in [1.807, 2.05) is 31.2 Å². The maximum atomic E-state index is 9.48. The van der Waals surface area contributed by atoms with E-state index >= 15 is 0 Å². The van der Waals surface area contributed by atoms with Crippen LogP contribution in [0.2, 0.25) is 0 Å². The summed E-state index contributed by atoms with van der Waals surface area (Å²) in [6.45, 7) is 1.97. The van der Waals surface area contributed by atoms with E-state index in [0.717, 1.165) is 22.4 Å². The summed E-state index contributed by atoms with van der Waals surface area (Å²) >= 11 is 0. The minimum Gasteiger partial charge on any atom is -0.507 e. The minimum atomic E-state index is 0.00600. The van der Waals surface area contributed by atoms with E-state index in [1.54, 1.807) is 19.2 Å². The van der Waals surface area contributed by atoms with E-state index in [2.05, 4.69) is 0 Å². The van der Waals surface area contributed by atoms with Crippen LogP contribution in [-0.4, -0.2) is 12.2 Å². The average molecular weight is 239 g/mol. The number of methoxy groups -OCH3 is 1. The number of benzene rings is 2. The van der Waals surface area contributed by atoms with E-state index in [0.29, 0.717) is 0 Å². The Morgan fingerprint density at radius 3 is 2.39 bits per heavy atom. The molecule has 2 aromatic carbocycles. The van der Waals surface area contributed by atoms with Crippen molar-refractivity contribution in [2.75, 3.05) is 7.11 Å². The molecule has 90 valence electrons. The number of nitriles is 1. The standard InChI is InChI=1S/C15H13NO2/c1-10-7-11(4-6-15(10)18-2)12-3-5-14(17)13(8-12)9-16/h3-8,17H,1-2H3. The van der Waals surface area contributed by atoms with Gasteiger partial charge in [0, 0.05) is 0 Å². The number of hydrogen-bond acceptors (Lipinski definition) is 3. The molecular weight excluding hydrogens is 226 g/mol. The molecule has 0 aliphatic heterocycles. The van der Waals surface area contributed by atoms with E-state index in [9.17, 15) is 5.11 Å². The lowest BCUT2D eigenvalue weighted by atomic mass is 10.0. The zero-order chi connectivity index (χ0) is 13.1. The van der Waals surface area contributed by atoms with Gasteiger partial charge in [-0.1, -0.05) is 12.1 Å². The van der Waals surface area contributed by atoms with Gasteiger partial charge in [-0.3, -0.25) is 0 Å². The SMILES string of the molecule is COc1ccc(-c2ccc(O)c(C#N)c2)cc1C. The Bertz CT molecular complexity index is 627. The van der Waals surface area contributed by atoms with Gasteiger partial charge in [0.25, 0.3) is 0 Å². The number of aromatic hydroxyl groups is 1. The molecule has 0 heterocycles. The fourth-order valence-electron chi connectivity index (χ4n) is 1.86. The van der Waals surface area contributed by atoms with Crippen LogP contribution in [-0.2, 0) is 0 Å². The number of hydrogen-bond donors (Lipinski definition) is 1. The normalized spacial score (nSPS) is 9.83. The molecule has 1 N–H and O–H groups in total. The van der Waals surface area contributed by atoms with Crippen molar-refractivity contribution in [1.82, 2.24) is 0 Å².